The third-order valence-corrected chi connectivity index (χ3v) is 4.56. The maximum atomic E-state index is 12.3. The zero-order valence-electron chi connectivity index (χ0n) is 12.4. The van der Waals surface area contributed by atoms with Gasteiger partial charge in [0, 0.05) is 10.1 Å². The van der Waals surface area contributed by atoms with Crippen LogP contribution >= 0.6 is 22.6 Å². The highest BCUT2D eigenvalue weighted by Crippen LogP contribution is 2.15. The standard InChI is InChI=1S/C18H20INO/c1-3-13-9-10-14(4-2)15(11-13)12-20-18(21)16-7-5-6-8-17(16)19/h5-11H,3-4,12H2,1-2H3,(H,20,21). The van der Waals surface area contributed by atoms with E-state index in [2.05, 4.69) is 60.0 Å². The third kappa shape index (κ3) is 4.06. The average Bonchev–Trinajstić information content (AvgIpc) is 2.52. The highest BCUT2D eigenvalue weighted by molar-refractivity contribution is 14.1. The van der Waals surface area contributed by atoms with Crippen LogP contribution in [0.5, 0.6) is 0 Å². The molecule has 0 aliphatic carbocycles. The maximum absolute atomic E-state index is 12.3. The van der Waals surface area contributed by atoms with Crippen LogP contribution in [-0.2, 0) is 19.4 Å². The van der Waals surface area contributed by atoms with Gasteiger partial charge in [0.25, 0.3) is 5.91 Å². The molecule has 0 fully saturated rings. The molecule has 0 saturated heterocycles. The molecule has 0 radical (unpaired) electrons. The molecule has 0 unspecified atom stereocenters. The number of hydrogen-bond acceptors (Lipinski definition) is 1. The van der Waals surface area contributed by atoms with E-state index < -0.39 is 0 Å². The van der Waals surface area contributed by atoms with Crippen LogP contribution in [-0.4, -0.2) is 5.91 Å². The normalized spacial score (nSPS) is 10.4. The second-order valence-corrected chi connectivity index (χ2v) is 6.13. The van der Waals surface area contributed by atoms with Gasteiger partial charge in [-0.2, -0.15) is 0 Å². The van der Waals surface area contributed by atoms with E-state index in [9.17, 15) is 4.79 Å². The molecule has 0 aromatic heterocycles. The Kier molecular flexibility index (Phi) is 5.79. The molecular formula is C18H20INO. The third-order valence-electron chi connectivity index (χ3n) is 3.62. The number of aryl methyl sites for hydroxylation is 2. The fourth-order valence-electron chi connectivity index (χ4n) is 2.32. The summed E-state index contributed by atoms with van der Waals surface area (Å²) in [5, 5.41) is 3.04. The van der Waals surface area contributed by atoms with Gasteiger partial charge in [-0.3, -0.25) is 4.79 Å². The predicted molar refractivity (Wildman–Crippen MR) is 95.5 cm³/mol. The zero-order valence-corrected chi connectivity index (χ0v) is 14.6. The Morgan fingerprint density at radius 2 is 1.81 bits per heavy atom. The lowest BCUT2D eigenvalue weighted by atomic mass is 10.0. The summed E-state index contributed by atoms with van der Waals surface area (Å²) in [6, 6.07) is 14.2. The Balaban J connectivity index is 2.12. The highest BCUT2D eigenvalue weighted by Gasteiger charge is 2.10. The summed E-state index contributed by atoms with van der Waals surface area (Å²) >= 11 is 2.19. The van der Waals surface area contributed by atoms with Crippen molar-refractivity contribution in [2.45, 2.75) is 33.2 Å². The molecular weight excluding hydrogens is 373 g/mol. The molecule has 0 aliphatic rings. The van der Waals surface area contributed by atoms with Crippen molar-refractivity contribution in [1.82, 2.24) is 5.32 Å². The summed E-state index contributed by atoms with van der Waals surface area (Å²) < 4.78 is 0.977. The molecule has 3 heteroatoms. The zero-order chi connectivity index (χ0) is 15.2. The van der Waals surface area contributed by atoms with Crippen molar-refractivity contribution in [3.8, 4) is 0 Å². The molecule has 0 bridgehead atoms. The van der Waals surface area contributed by atoms with Crippen LogP contribution in [0.3, 0.4) is 0 Å². The molecule has 1 amide bonds. The summed E-state index contributed by atoms with van der Waals surface area (Å²) in [6.07, 6.45) is 2.00. The van der Waals surface area contributed by atoms with E-state index in [0.717, 1.165) is 22.0 Å². The maximum Gasteiger partial charge on any atom is 0.252 e. The Morgan fingerprint density at radius 1 is 1.05 bits per heavy atom. The Labute approximate surface area is 140 Å². The van der Waals surface area contributed by atoms with Crippen LogP contribution in [0.2, 0.25) is 0 Å². The molecule has 0 atom stereocenters. The van der Waals surface area contributed by atoms with E-state index in [-0.39, 0.29) is 5.91 Å². The minimum absolute atomic E-state index is 0.0102. The number of carbonyl (C=O) groups is 1. The molecule has 2 rings (SSSR count). The Morgan fingerprint density at radius 3 is 2.48 bits per heavy atom. The van der Waals surface area contributed by atoms with Gasteiger partial charge in [0.05, 0.1) is 5.56 Å². The average molecular weight is 393 g/mol. The second-order valence-electron chi connectivity index (χ2n) is 4.97. The van der Waals surface area contributed by atoms with Gasteiger partial charge in [-0.25, -0.2) is 0 Å². The summed E-state index contributed by atoms with van der Waals surface area (Å²) in [5.74, 6) is -0.0102. The number of nitrogens with one attached hydrogen (secondary N) is 1. The number of halogens is 1. The summed E-state index contributed by atoms with van der Waals surface area (Å²) in [4.78, 5) is 12.3. The number of rotatable bonds is 5. The number of benzene rings is 2. The molecule has 0 aliphatic heterocycles. The van der Waals surface area contributed by atoms with Crippen molar-refractivity contribution in [3.63, 3.8) is 0 Å². The van der Waals surface area contributed by atoms with E-state index in [1.165, 1.54) is 16.7 Å². The molecule has 1 N–H and O–H groups in total. The fourth-order valence-corrected chi connectivity index (χ4v) is 2.96. The predicted octanol–water partition coefficient (Wildman–Crippen LogP) is 4.35. The van der Waals surface area contributed by atoms with Crippen molar-refractivity contribution in [3.05, 3.63) is 68.3 Å². The van der Waals surface area contributed by atoms with Crippen LogP contribution < -0.4 is 5.32 Å². The molecule has 110 valence electrons. The first kappa shape index (κ1) is 16.0. The van der Waals surface area contributed by atoms with Crippen molar-refractivity contribution in [2.75, 3.05) is 0 Å². The van der Waals surface area contributed by atoms with E-state index in [1.54, 1.807) is 0 Å². The SMILES string of the molecule is CCc1ccc(CC)c(CNC(=O)c2ccccc2I)c1. The molecule has 0 saturated carbocycles. The quantitative estimate of drug-likeness (QED) is 0.753. The minimum Gasteiger partial charge on any atom is -0.348 e. The van der Waals surface area contributed by atoms with E-state index >= 15 is 0 Å². The van der Waals surface area contributed by atoms with Crippen LogP contribution in [0, 0.1) is 3.57 Å². The first-order chi connectivity index (χ1) is 10.2. The molecule has 0 spiro atoms. The first-order valence-corrected chi connectivity index (χ1v) is 8.37. The monoisotopic (exact) mass is 393 g/mol. The summed E-state index contributed by atoms with van der Waals surface area (Å²) in [5.41, 5.74) is 4.57. The first-order valence-electron chi connectivity index (χ1n) is 7.29. The van der Waals surface area contributed by atoms with Gasteiger partial charge in [0.2, 0.25) is 0 Å². The van der Waals surface area contributed by atoms with Gasteiger partial charge in [0.15, 0.2) is 0 Å². The fraction of sp³-hybridized carbons (Fsp3) is 0.278. The lowest BCUT2D eigenvalue weighted by molar-refractivity contribution is 0.0950. The Hall–Kier alpha value is -1.36. The van der Waals surface area contributed by atoms with Crippen molar-refractivity contribution < 1.29 is 4.79 Å². The highest BCUT2D eigenvalue weighted by atomic mass is 127. The topological polar surface area (TPSA) is 29.1 Å². The van der Waals surface area contributed by atoms with Crippen molar-refractivity contribution in [1.29, 1.82) is 0 Å². The van der Waals surface area contributed by atoms with Gasteiger partial charge in [-0.15, -0.1) is 0 Å². The number of hydrogen-bond donors (Lipinski definition) is 1. The molecule has 2 aromatic rings. The summed E-state index contributed by atoms with van der Waals surface area (Å²) in [6.45, 7) is 4.88. The second kappa shape index (κ2) is 7.59. The van der Waals surface area contributed by atoms with Crippen LogP contribution in [0.1, 0.15) is 40.9 Å². The van der Waals surface area contributed by atoms with Gasteiger partial charge in [-0.1, -0.05) is 44.2 Å². The van der Waals surface area contributed by atoms with Crippen molar-refractivity contribution >= 4 is 28.5 Å². The van der Waals surface area contributed by atoms with Gasteiger partial charge >= 0.3 is 0 Å². The minimum atomic E-state index is -0.0102. The van der Waals surface area contributed by atoms with Crippen LogP contribution in [0.25, 0.3) is 0 Å². The molecule has 0 heterocycles. The largest absolute Gasteiger partial charge is 0.348 e. The number of amides is 1. The lowest BCUT2D eigenvalue weighted by Gasteiger charge is -2.12. The van der Waals surface area contributed by atoms with E-state index in [1.807, 2.05) is 24.3 Å². The molecule has 2 nitrogen and oxygen atoms in total. The molecule has 21 heavy (non-hydrogen) atoms. The van der Waals surface area contributed by atoms with Gasteiger partial charge in [0.1, 0.15) is 0 Å². The molecule has 2 aromatic carbocycles. The van der Waals surface area contributed by atoms with Gasteiger partial charge in [-0.05, 0) is 64.3 Å². The van der Waals surface area contributed by atoms with Crippen LogP contribution in [0.4, 0.5) is 0 Å². The smallest absolute Gasteiger partial charge is 0.252 e. The lowest BCUT2D eigenvalue weighted by Crippen LogP contribution is -2.24. The van der Waals surface area contributed by atoms with Gasteiger partial charge < -0.3 is 5.32 Å². The Bertz CT molecular complexity index is 637. The van der Waals surface area contributed by atoms with E-state index in [0.29, 0.717) is 6.54 Å². The van der Waals surface area contributed by atoms with E-state index in [4.69, 9.17) is 0 Å². The number of carbonyl (C=O) groups excluding carboxylic acids is 1. The van der Waals surface area contributed by atoms with Crippen LogP contribution in [0.15, 0.2) is 42.5 Å². The van der Waals surface area contributed by atoms with Crippen molar-refractivity contribution in [2.24, 2.45) is 0 Å². The summed E-state index contributed by atoms with van der Waals surface area (Å²) in [7, 11) is 0.